The predicted octanol–water partition coefficient (Wildman–Crippen LogP) is 2.53. The van der Waals surface area contributed by atoms with Crippen LogP contribution in [-0.2, 0) is 11.3 Å². The SMILES string of the molecule is COc1cc2cc(c1OC)CN(C)CCCC(=O)N(C)CCNc1ncnc3[nH]c(O)c(c13)C=N2. The molecule has 3 heterocycles. The summed E-state index contributed by atoms with van der Waals surface area (Å²) in [4.78, 5) is 32.5. The predicted molar refractivity (Wildman–Crippen MR) is 134 cm³/mol. The number of anilines is 1. The van der Waals surface area contributed by atoms with Crippen molar-refractivity contribution in [1.82, 2.24) is 24.8 Å². The Labute approximate surface area is 203 Å². The van der Waals surface area contributed by atoms with Gasteiger partial charge in [-0.3, -0.25) is 9.79 Å². The number of nitrogens with one attached hydrogen (secondary N) is 2. The van der Waals surface area contributed by atoms with Gasteiger partial charge in [0.05, 0.1) is 30.9 Å². The van der Waals surface area contributed by atoms with Crippen molar-refractivity contribution in [3.63, 3.8) is 0 Å². The number of fused-ring (bicyclic) bond motifs is 2. The van der Waals surface area contributed by atoms with Gasteiger partial charge in [-0.2, -0.15) is 0 Å². The number of carbonyl (C=O) groups is 1. The summed E-state index contributed by atoms with van der Waals surface area (Å²) in [6, 6.07) is 3.71. The Morgan fingerprint density at radius 3 is 2.71 bits per heavy atom. The number of aromatic nitrogens is 3. The van der Waals surface area contributed by atoms with Crippen LogP contribution in [0.25, 0.3) is 11.0 Å². The number of likely N-dealkylation sites (N-methyl/N-ethyl adjacent to an activating group) is 1. The van der Waals surface area contributed by atoms with Crippen LogP contribution in [0.2, 0.25) is 0 Å². The topological polar surface area (TPSA) is 128 Å². The van der Waals surface area contributed by atoms with Gasteiger partial charge in [0, 0.05) is 50.9 Å². The normalized spacial score (nSPS) is 16.0. The molecule has 0 saturated heterocycles. The quantitative estimate of drug-likeness (QED) is 0.509. The third-order valence-electron chi connectivity index (χ3n) is 6.03. The summed E-state index contributed by atoms with van der Waals surface area (Å²) in [5.41, 5.74) is 2.49. The molecule has 11 nitrogen and oxygen atoms in total. The summed E-state index contributed by atoms with van der Waals surface area (Å²) in [5.74, 6) is 1.77. The third-order valence-corrected chi connectivity index (χ3v) is 6.03. The van der Waals surface area contributed by atoms with E-state index in [9.17, 15) is 9.90 Å². The van der Waals surface area contributed by atoms with E-state index in [1.165, 1.54) is 6.33 Å². The van der Waals surface area contributed by atoms with Crippen LogP contribution in [0.1, 0.15) is 24.0 Å². The van der Waals surface area contributed by atoms with Crippen LogP contribution >= 0.6 is 0 Å². The number of methoxy groups -OCH3 is 2. The maximum atomic E-state index is 12.6. The van der Waals surface area contributed by atoms with E-state index in [-0.39, 0.29) is 11.8 Å². The van der Waals surface area contributed by atoms with Gasteiger partial charge >= 0.3 is 0 Å². The number of hydrogen-bond acceptors (Lipinski definition) is 9. The van der Waals surface area contributed by atoms with Crippen molar-refractivity contribution in [3.05, 3.63) is 29.6 Å². The molecular weight excluding hydrogens is 450 g/mol. The van der Waals surface area contributed by atoms with Gasteiger partial charge < -0.3 is 34.7 Å². The van der Waals surface area contributed by atoms with Crippen LogP contribution in [0.15, 0.2) is 23.5 Å². The number of rotatable bonds is 2. The second-order valence-electron chi connectivity index (χ2n) is 8.52. The molecule has 0 saturated carbocycles. The molecule has 1 amide bonds. The fourth-order valence-corrected chi connectivity index (χ4v) is 4.18. The molecule has 0 spiro atoms. The summed E-state index contributed by atoms with van der Waals surface area (Å²) in [5, 5.41) is 14.4. The van der Waals surface area contributed by atoms with Crippen molar-refractivity contribution in [1.29, 1.82) is 0 Å². The molecule has 2 bridgehead atoms. The summed E-state index contributed by atoms with van der Waals surface area (Å²) >= 11 is 0. The van der Waals surface area contributed by atoms with Crippen LogP contribution in [-0.4, -0.2) is 89.9 Å². The van der Waals surface area contributed by atoms with Gasteiger partial charge in [-0.1, -0.05) is 0 Å². The van der Waals surface area contributed by atoms with Gasteiger partial charge in [-0.05, 0) is 26.1 Å². The molecule has 0 aliphatic carbocycles. The zero-order valence-electron chi connectivity index (χ0n) is 20.5. The average Bonchev–Trinajstić information content (AvgIpc) is 3.17. The van der Waals surface area contributed by atoms with E-state index in [0.29, 0.717) is 65.7 Å². The van der Waals surface area contributed by atoms with Gasteiger partial charge in [0.15, 0.2) is 17.4 Å². The van der Waals surface area contributed by atoms with Gasteiger partial charge in [-0.25, -0.2) is 9.97 Å². The number of carbonyl (C=O) groups excluding carboxylic acids is 1. The lowest BCUT2D eigenvalue weighted by Gasteiger charge is -2.21. The van der Waals surface area contributed by atoms with Crippen molar-refractivity contribution < 1.29 is 19.4 Å². The number of H-pyrrole nitrogens is 1. The lowest BCUT2D eigenvalue weighted by molar-refractivity contribution is -0.129. The number of benzene rings is 1. The van der Waals surface area contributed by atoms with Gasteiger partial charge in [0.2, 0.25) is 5.91 Å². The Morgan fingerprint density at radius 1 is 1.11 bits per heavy atom. The number of aromatic hydroxyl groups is 1. The maximum Gasteiger partial charge on any atom is 0.222 e. The zero-order valence-corrected chi connectivity index (χ0v) is 20.5. The van der Waals surface area contributed by atoms with Crippen LogP contribution in [0.4, 0.5) is 11.5 Å². The van der Waals surface area contributed by atoms with Crippen molar-refractivity contribution in [3.8, 4) is 17.4 Å². The standard InChI is InChI=1S/C24H31N7O4/c1-30-8-5-6-19(32)31(2)9-7-25-22-20-17(24(33)29-23(20)28-14-27-22)12-26-16-10-15(13-30)21(35-4)18(11-16)34-3/h10-12,14,33H,5-9,13H2,1-4H3,(H2,25,27,28,29). The molecule has 2 aromatic heterocycles. The fourth-order valence-electron chi connectivity index (χ4n) is 4.18. The Bertz CT molecular complexity index is 1240. The molecular formula is C24H31N7O4. The molecule has 1 aromatic carbocycles. The first-order valence-electron chi connectivity index (χ1n) is 11.4. The second kappa shape index (κ2) is 10.6. The Hall–Kier alpha value is -3.86. The number of nitrogens with zero attached hydrogens (tertiary/aromatic N) is 5. The Balaban J connectivity index is 1.80. The minimum atomic E-state index is -0.0607. The van der Waals surface area contributed by atoms with Crippen molar-refractivity contribution >= 4 is 34.7 Å². The van der Waals surface area contributed by atoms with Crippen molar-refractivity contribution in [2.75, 3.05) is 53.3 Å². The second-order valence-corrected chi connectivity index (χ2v) is 8.52. The molecule has 35 heavy (non-hydrogen) atoms. The van der Waals surface area contributed by atoms with E-state index in [0.717, 1.165) is 18.5 Å². The monoisotopic (exact) mass is 481 g/mol. The lowest BCUT2D eigenvalue weighted by Crippen LogP contribution is -2.32. The molecule has 1 aliphatic rings. The molecule has 0 atom stereocenters. The molecule has 186 valence electrons. The molecule has 0 fully saturated rings. The van der Waals surface area contributed by atoms with Crippen LogP contribution in [0.3, 0.4) is 0 Å². The summed E-state index contributed by atoms with van der Waals surface area (Å²) in [7, 11) is 6.99. The summed E-state index contributed by atoms with van der Waals surface area (Å²) in [6.07, 6.45) is 4.19. The lowest BCUT2D eigenvalue weighted by atomic mass is 10.1. The van der Waals surface area contributed by atoms with E-state index in [1.54, 1.807) is 38.4 Å². The average molecular weight is 482 g/mol. The van der Waals surface area contributed by atoms with E-state index in [2.05, 4.69) is 30.2 Å². The van der Waals surface area contributed by atoms with E-state index in [4.69, 9.17) is 9.47 Å². The molecule has 0 radical (unpaired) electrons. The third kappa shape index (κ3) is 5.29. The van der Waals surface area contributed by atoms with Crippen molar-refractivity contribution in [2.45, 2.75) is 19.4 Å². The number of ether oxygens (including phenoxy) is 2. The number of aliphatic imine (C=N–C) groups is 1. The highest BCUT2D eigenvalue weighted by Crippen LogP contribution is 2.37. The highest BCUT2D eigenvalue weighted by Gasteiger charge is 2.18. The Morgan fingerprint density at radius 2 is 1.94 bits per heavy atom. The van der Waals surface area contributed by atoms with Gasteiger partial charge in [0.25, 0.3) is 0 Å². The number of amides is 1. The molecule has 3 aromatic rings. The maximum absolute atomic E-state index is 12.6. The van der Waals surface area contributed by atoms with E-state index >= 15 is 0 Å². The fraction of sp³-hybridized carbons (Fsp3) is 0.417. The number of aromatic amines is 1. The van der Waals surface area contributed by atoms with E-state index < -0.39 is 0 Å². The highest BCUT2D eigenvalue weighted by atomic mass is 16.5. The van der Waals surface area contributed by atoms with Crippen LogP contribution < -0.4 is 14.8 Å². The minimum Gasteiger partial charge on any atom is -0.494 e. The largest absolute Gasteiger partial charge is 0.494 e. The minimum absolute atomic E-state index is 0.0607. The number of hydrogen-bond donors (Lipinski definition) is 3. The van der Waals surface area contributed by atoms with Gasteiger partial charge in [0.1, 0.15) is 17.8 Å². The zero-order chi connectivity index (χ0) is 24.9. The summed E-state index contributed by atoms with van der Waals surface area (Å²) in [6.45, 7) is 2.35. The van der Waals surface area contributed by atoms with Crippen LogP contribution in [0, 0.1) is 0 Å². The molecule has 0 unspecified atom stereocenters. The van der Waals surface area contributed by atoms with Gasteiger partial charge in [-0.15, -0.1) is 0 Å². The molecule has 11 heteroatoms. The molecule has 3 N–H and O–H groups in total. The smallest absolute Gasteiger partial charge is 0.222 e. The highest BCUT2D eigenvalue weighted by molar-refractivity contribution is 6.06. The van der Waals surface area contributed by atoms with E-state index in [1.807, 2.05) is 13.1 Å². The van der Waals surface area contributed by atoms with Crippen LogP contribution in [0.5, 0.6) is 17.4 Å². The van der Waals surface area contributed by atoms with Crippen molar-refractivity contribution in [2.24, 2.45) is 4.99 Å². The first-order chi connectivity index (χ1) is 16.9. The molecule has 1 aliphatic heterocycles. The molecule has 4 rings (SSSR count). The first-order valence-corrected chi connectivity index (χ1v) is 11.4. The Kier molecular flexibility index (Phi) is 7.35. The first kappa shape index (κ1) is 24.3. The summed E-state index contributed by atoms with van der Waals surface area (Å²) < 4.78 is 11.2.